The molecule has 1 aliphatic rings. The summed E-state index contributed by atoms with van der Waals surface area (Å²) in [5.41, 5.74) is 4.50. The van der Waals surface area contributed by atoms with Crippen molar-refractivity contribution in [3.8, 4) is 5.75 Å². The standard InChI is InChI=1S/C27H30N2O4/c1-4-25(30)29-14-13-20-11-12-22(16-24(20)26(29)21-9-7-18(2)8-10-21)33-19(3)27(31)28-17-23-6-5-15-32-23/h5-12,15-16,19,26H,4,13-14,17H2,1-3H3,(H,28,31)/t19-,26-/m0/s1. The van der Waals surface area contributed by atoms with E-state index in [4.69, 9.17) is 9.15 Å². The third-order valence-electron chi connectivity index (χ3n) is 6.06. The molecular formula is C27H30N2O4. The summed E-state index contributed by atoms with van der Waals surface area (Å²) in [6, 6.07) is 17.7. The molecule has 1 aromatic heterocycles. The highest BCUT2D eigenvalue weighted by atomic mass is 16.5. The van der Waals surface area contributed by atoms with Crippen molar-refractivity contribution in [2.45, 2.75) is 52.3 Å². The molecule has 0 unspecified atom stereocenters. The van der Waals surface area contributed by atoms with Crippen molar-refractivity contribution >= 4 is 11.8 Å². The maximum atomic E-state index is 12.8. The molecule has 0 spiro atoms. The highest BCUT2D eigenvalue weighted by Gasteiger charge is 2.32. The Morgan fingerprint density at radius 2 is 1.97 bits per heavy atom. The van der Waals surface area contributed by atoms with Crippen LogP contribution >= 0.6 is 0 Å². The van der Waals surface area contributed by atoms with E-state index >= 15 is 0 Å². The average Bonchev–Trinajstić information content (AvgIpc) is 3.35. The third-order valence-corrected chi connectivity index (χ3v) is 6.06. The van der Waals surface area contributed by atoms with Crippen molar-refractivity contribution in [3.63, 3.8) is 0 Å². The fourth-order valence-corrected chi connectivity index (χ4v) is 4.24. The van der Waals surface area contributed by atoms with Crippen LogP contribution in [0.1, 0.15) is 54.3 Å². The number of rotatable bonds is 7. The van der Waals surface area contributed by atoms with Gasteiger partial charge in [0.05, 0.1) is 18.8 Å². The van der Waals surface area contributed by atoms with Crippen molar-refractivity contribution in [1.29, 1.82) is 0 Å². The van der Waals surface area contributed by atoms with Gasteiger partial charge in [-0.1, -0.05) is 42.8 Å². The molecule has 0 bridgehead atoms. The van der Waals surface area contributed by atoms with Crippen LogP contribution in [0.2, 0.25) is 0 Å². The number of fused-ring (bicyclic) bond motifs is 1. The molecular weight excluding hydrogens is 416 g/mol. The molecule has 6 heteroatoms. The normalized spacial score (nSPS) is 16.1. The van der Waals surface area contributed by atoms with E-state index in [0.29, 0.717) is 31.0 Å². The van der Waals surface area contributed by atoms with E-state index in [1.54, 1.807) is 19.3 Å². The summed E-state index contributed by atoms with van der Waals surface area (Å²) in [7, 11) is 0. The van der Waals surface area contributed by atoms with Gasteiger partial charge in [0.1, 0.15) is 11.5 Å². The number of hydrogen-bond acceptors (Lipinski definition) is 4. The van der Waals surface area contributed by atoms with Crippen LogP contribution in [0.25, 0.3) is 0 Å². The molecule has 2 atom stereocenters. The molecule has 2 aromatic carbocycles. The molecule has 0 radical (unpaired) electrons. The van der Waals surface area contributed by atoms with Gasteiger partial charge in [0.2, 0.25) is 5.91 Å². The molecule has 2 amide bonds. The predicted molar refractivity (Wildman–Crippen MR) is 126 cm³/mol. The zero-order chi connectivity index (χ0) is 23.4. The number of aryl methyl sites for hydroxylation is 1. The van der Waals surface area contributed by atoms with Crippen molar-refractivity contribution < 1.29 is 18.7 Å². The number of benzene rings is 2. The molecule has 4 rings (SSSR count). The van der Waals surface area contributed by atoms with E-state index in [-0.39, 0.29) is 17.9 Å². The lowest BCUT2D eigenvalue weighted by atomic mass is 9.87. The van der Waals surface area contributed by atoms with Crippen LogP contribution in [-0.4, -0.2) is 29.4 Å². The molecule has 0 saturated heterocycles. The first-order valence-corrected chi connectivity index (χ1v) is 11.4. The number of carbonyl (C=O) groups excluding carboxylic acids is 2. The van der Waals surface area contributed by atoms with E-state index in [1.165, 1.54) is 11.1 Å². The van der Waals surface area contributed by atoms with Crippen LogP contribution in [-0.2, 0) is 22.6 Å². The van der Waals surface area contributed by atoms with Gasteiger partial charge in [-0.3, -0.25) is 9.59 Å². The van der Waals surface area contributed by atoms with Crippen LogP contribution in [0.5, 0.6) is 5.75 Å². The maximum absolute atomic E-state index is 12.8. The minimum atomic E-state index is -0.673. The van der Waals surface area contributed by atoms with Gasteiger partial charge in [0, 0.05) is 13.0 Å². The van der Waals surface area contributed by atoms with Crippen molar-refractivity contribution in [3.05, 3.63) is 88.9 Å². The average molecular weight is 447 g/mol. The summed E-state index contributed by atoms with van der Waals surface area (Å²) in [6.45, 7) is 6.67. The molecule has 0 fully saturated rings. The predicted octanol–water partition coefficient (Wildman–Crippen LogP) is 4.56. The summed E-state index contributed by atoms with van der Waals surface area (Å²) >= 11 is 0. The Morgan fingerprint density at radius 1 is 1.18 bits per heavy atom. The molecule has 33 heavy (non-hydrogen) atoms. The van der Waals surface area contributed by atoms with Crippen molar-refractivity contribution in [2.24, 2.45) is 0 Å². The van der Waals surface area contributed by atoms with Crippen LogP contribution in [0, 0.1) is 6.92 Å². The SMILES string of the molecule is CCC(=O)N1CCc2ccc(O[C@@H](C)C(=O)NCc3ccco3)cc2[C@@H]1c1ccc(C)cc1. The second kappa shape index (κ2) is 9.94. The molecule has 3 aromatic rings. The second-order valence-corrected chi connectivity index (χ2v) is 8.42. The highest BCUT2D eigenvalue weighted by Crippen LogP contribution is 2.37. The number of nitrogens with zero attached hydrogens (tertiary/aromatic N) is 1. The number of carbonyl (C=O) groups is 2. The fourth-order valence-electron chi connectivity index (χ4n) is 4.24. The molecule has 1 aliphatic heterocycles. The number of hydrogen-bond donors (Lipinski definition) is 1. The van der Waals surface area contributed by atoms with Gasteiger partial charge in [0.15, 0.2) is 6.10 Å². The van der Waals surface area contributed by atoms with Gasteiger partial charge in [-0.05, 0) is 61.2 Å². The first kappa shape index (κ1) is 22.6. The monoisotopic (exact) mass is 446 g/mol. The lowest BCUT2D eigenvalue weighted by molar-refractivity contribution is -0.133. The van der Waals surface area contributed by atoms with Gasteiger partial charge in [-0.2, -0.15) is 0 Å². The lowest BCUT2D eigenvalue weighted by Crippen LogP contribution is -2.40. The summed E-state index contributed by atoms with van der Waals surface area (Å²) < 4.78 is 11.2. The minimum absolute atomic E-state index is 0.128. The topological polar surface area (TPSA) is 71.8 Å². The van der Waals surface area contributed by atoms with Gasteiger partial charge >= 0.3 is 0 Å². The van der Waals surface area contributed by atoms with E-state index < -0.39 is 6.10 Å². The van der Waals surface area contributed by atoms with E-state index in [0.717, 1.165) is 17.5 Å². The zero-order valence-electron chi connectivity index (χ0n) is 19.3. The largest absolute Gasteiger partial charge is 0.481 e. The number of ether oxygens (including phenoxy) is 1. The Balaban J connectivity index is 1.57. The third kappa shape index (κ3) is 5.11. The van der Waals surface area contributed by atoms with Crippen LogP contribution < -0.4 is 10.1 Å². The second-order valence-electron chi connectivity index (χ2n) is 8.42. The first-order valence-electron chi connectivity index (χ1n) is 11.4. The molecule has 0 aliphatic carbocycles. The summed E-state index contributed by atoms with van der Waals surface area (Å²) in [5, 5.41) is 2.83. The summed E-state index contributed by atoms with van der Waals surface area (Å²) in [6.07, 6.45) is 2.16. The summed E-state index contributed by atoms with van der Waals surface area (Å²) in [4.78, 5) is 27.2. The van der Waals surface area contributed by atoms with Crippen LogP contribution in [0.3, 0.4) is 0 Å². The Kier molecular flexibility index (Phi) is 6.82. The number of furan rings is 1. The van der Waals surface area contributed by atoms with Gasteiger partial charge in [0.25, 0.3) is 5.91 Å². The first-order chi connectivity index (χ1) is 16.0. The zero-order valence-corrected chi connectivity index (χ0v) is 19.3. The van der Waals surface area contributed by atoms with Crippen LogP contribution in [0.4, 0.5) is 0 Å². The lowest BCUT2D eigenvalue weighted by Gasteiger charge is -2.38. The Bertz CT molecular complexity index is 1110. The minimum Gasteiger partial charge on any atom is -0.481 e. The van der Waals surface area contributed by atoms with Gasteiger partial charge in [-0.15, -0.1) is 0 Å². The quantitative estimate of drug-likeness (QED) is 0.578. The van der Waals surface area contributed by atoms with E-state index in [2.05, 4.69) is 36.5 Å². The molecule has 2 heterocycles. The maximum Gasteiger partial charge on any atom is 0.261 e. The van der Waals surface area contributed by atoms with Crippen molar-refractivity contribution in [2.75, 3.05) is 6.54 Å². The van der Waals surface area contributed by atoms with Crippen LogP contribution in [0.15, 0.2) is 65.3 Å². The highest BCUT2D eigenvalue weighted by molar-refractivity contribution is 5.80. The smallest absolute Gasteiger partial charge is 0.261 e. The van der Waals surface area contributed by atoms with Gasteiger partial charge < -0.3 is 19.4 Å². The van der Waals surface area contributed by atoms with Gasteiger partial charge in [-0.25, -0.2) is 0 Å². The molecule has 6 nitrogen and oxygen atoms in total. The molecule has 1 N–H and O–H groups in total. The summed E-state index contributed by atoms with van der Waals surface area (Å²) in [5.74, 6) is 1.20. The molecule has 172 valence electrons. The number of nitrogens with one attached hydrogen (secondary N) is 1. The molecule has 0 saturated carbocycles. The van der Waals surface area contributed by atoms with Crippen molar-refractivity contribution in [1.82, 2.24) is 10.2 Å². The van der Waals surface area contributed by atoms with E-state index in [9.17, 15) is 9.59 Å². The van der Waals surface area contributed by atoms with E-state index in [1.807, 2.05) is 36.1 Å². The Morgan fingerprint density at radius 3 is 2.67 bits per heavy atom. The number of amides is 2. The Labute approximate surface area is 194 Å². The Hall–Kier alpha value is -3.54. The fraction of sp³-hybridized carbons (Fsp3) is 0.333.